The van der Waals surface area contributed by atoms with Crippen LogP contribution in [-0.4, -0.2) is 0 Å². The molecule has 0 saturated heterocycles. The van der Waals surface area contributed by atoms with E-state index in [4.69, 9.17) is 16.7 Å². The van der Waals surface area contributed by atoms with E-state index in [1.807, 2.05) is 0 Å². The molecule has 0 saturated carbocycles. The summed E-state index contributed by atoms with van der Waals surface area (Å²) in [7, 11) is 0. The van der Waals surface area contributed by atoms with Crippen molar-refractivity contribution in [2.75, 3.05) is 11.5 Å². The maximum atomic E-state index is 12.5. The van der Waals surface area contributed by atoms with Crippen molar-refractivity contribution in [1.29, 1.82) is 5.26 Å². The van der Waals surface area contributed by atoms with E-state index < -0.39 is 5.82 Å². The Hall–Kier alpha value is -2.13. The molecule has 4 N–H and O–H groups in total. The molecule has 0 bridgehead atoms. The fraction of sp³-hybridized carbons (Fsp3) is 0.0714. The van der Waals surface area contributed by atoms with Crippen molar-refractivity contribution >= 4 is 27.3 Å². The second-order valence-corrected chi connectivity index (χ2v) is 4.82. The van der Waals surface area contributed by atoms with E-state index in [9.17, 15) is 8.78 Å². The van der Waals surface area contributed by atoms with Crippen LogP contribution in [0.15, 0.2) is 34.8 Å². The summed E-state index contributed by atoms with van der Waals surface area (Å²) in [5, 5.41) is 8.35. The Morgan fingerprint density at radius 3 is 2.25 bits per heavy atom. The van der Waals surface area contributed by atoms with E-state index in [1.165, 1.54) is 24.3 Å². The van der Waals surface area contributed by atoms with Gasteiger partial charge in [0.1, 0.15) is 17.7 Å². The maximum Gasteiger partial charge on any atom is 0.124 e. The van der Waals surface area contributed by atoms with Crippen LogP contribution in [0.3, 0.4) is 0 Å². The maximum absolute atomic E-state index is 12.5. The van der Waals surface area contributed by atoms with Crippen LogP contribution in [0.2, 0.25) is 0 Å². The average Bonchev–Trinajstić information content (AvgIpc) is 2.39. The number of hydrogen-bond acceptors (Lipinski definition) is 3. The van der Waals surface area contributed by atoms with Gasteiger partial charge in [-0.25, -0.2) is 8.78 Å². The molecule has 0 spiro atoms. The van der Waals surface area contributed by atoms with E-state index in [0.717, 1.165) is 11.6 Å². The van der Waals surface area contributed by atoms with Crippen molar-refractivity contribution in [3.05, 3.63) is 57.6 Å². The van der Waals surface area contributed by atoms with Crippen LogP contribution in [-0.2, 0) is 0 Å². The van der Waals surface area contributed by atoms with Crippen molar-refractivity contribution in [3.63, 3.8) is 0 Å². The standard InChI is InChI=1S/C7H7BrFN.C7H5FN2/c1-4-2-5(9)3-6(8)7(4)10;8-6-1-2-7(10)5(3-6)4-9/h2-3H,10H2,1H3;1-3H,10H2. The van der Waals surface area contributed by atoms with Crippen LogP contribution in [0.5, 0.6) is 0 Å². The predicted molar refractivity (Wildman–Crippen MR) is 78.8 cm³/mol. The molecule has 104 valence electrons. The van der Waals surface area contributed by atoms with Gasteiger partial charge in [0.15, 0.2) is 0 Å². The van der Waals surface area contributed by atoms with Crippen molar-refractivity contribution in [2.45, 2.75) is 6.92 Å². The lowest BCUT2D eigenvalue weighted by Crippen LogP contribution is -1.91. The Bertz CT molecular complexity index is 643. The number of nitrogen functional groups attached to an aromatic ring is 2. The number of aryl methyl sites for hydroxylation is 1. The zero-order chi connectivity index (χ0) is 15.3. The minimum atomic E-state index is -0.439. The van der Waals surface area contributed by atoms with E-state index in [2.05, 4.69) is 15.9 Å². The third kappa shape index (κ3) is 4.21. The largest absolute Gasteiger partial charge is 0.398 e. The molecule has 0 unspecified atom stereocenters. The Balaban J connectivity index is 0.000000200. The molecular weight excluding hydrogens is 328 g/mol. The first-order valence-electron chi connectivity index (χ1n) is 5.51. The Kier molecular flexibility index (Phi) is 5.47. The summed E-state index contributed by atoms with van der Waals surface area (Å²) < 4.78 is 25.5. The molecule has 0 fully saturated rings. The van der Waals surface area contributed by atoms with Gasteiger partial charge in [-0.15, -0.1) is 0 Å². The molecule has 2 aromatic rings. The number of nitrogens with two attached hydrogens (primary N) is 2. The van der Waals surface area contributed by atoms with Gasteiger partial charge in [-0.1, -0.05) is 0 Å². The van der Waals surface area contributed by atoms with Gasteiger partial charge >= 0.3 is 0 Å². The number of halogens is 3. The zero-order valence-corrected chi connectivity index (χ0v) is 12.2. The summed E-state index contributed by atoms with van der Waals surface area (Å²) in [6.07, 6.45) is 0. The van der Waals surface area contributed by atoms with E-state index >= 15 is 0 Å². The molecular formula is C14H12BrF2N3. The lowest BCUT2D eigenvalue weighted by molar-refractivity contribution is 0.626. The van der Waals surface area contributed by atoms with Gasteiger partial charge in [0.2, 0.25) is 0 Å². The van der Waals surface area contributed by atoms with Gasteiger partial charge in [-0.3, -0.25) is 0 Å². The molecule has 0 aliphatic carbocycles. The van der Waals surface area contributed by atoms with Crippen molar-refractivity contribution in [3.8, 4) is 6.07 Å². The highest BCUT2D eigenvalue weighted by Gasteiger charge is 2.00. The molecule has 0 aromatic heterocycles. The Morgan fingerprint density at radius 1 is 1.10 bits per heavy atom. The SMILES string of the molecule is Cc1cc(F)cc(Br)c1N.N#Cc1cc(F)ccc1N. The first-order chi connectivity index (χ1) is 9.35. The highest BCUT2D eigenvalue weighted by Crippen LogP contribution is 2.23. The minimum Gasteiger partial charge on any atom is -0.398 e. The van der Waals surface area contributed by atoms with E-state index in [-0.39, 0.29) is 11.4 Å². The first kappa shape index (κ1) is 15.9. The highest BCUT2D eigenvalue weighted by atomic mass is 79.9. The smallest absolute Gasteiger partial charge is 0.124 e. The van der Waals surface area contributed by atoms with Gasteiger partial charge in [0.25, 0.3) is 0 Å². The number of benzene rings is 2. The van der Waals surface area contributed by atoms with Crippen LogP contribution in [0.25, 0.3) is 0 Å². The molecule has 6 heteroatoms. The summed E-state index contributed by atoms with van der Waals surface area (Å²) in [6.45, 7) is 1.77. The third-order valence-corrected chi connectivity index (χ3v) is 3.09. The summed E-state index contributed by atoms with van der Waals surface area (Å²) in [4.78, 5) is 0. The molecule has 2 rings (SSSR count). The van der Waals surface area contributed by atoms with Gasteiger partial charge in [-0.2, -0.15) is 5.26 Å². The molecule has 0 radical (unpaired) electrons. The van der Waals surface area contributed by atoms with Gasteiger partial charge in [0.05, 0.1) is 5.56 Å². The van der Waals surface area contributed by atoms with Crippen LogP contribution in [0.1, 0.15) is 11.1 Å². The monoisotopic (exact) mass is 339 g/mol. The zero-order valence-electron chi connectivity index (χ0n) is 10.6. The normalized spacial score (nSPS) is 9.35. The number of rotatable bonds is 0. The van der Waals surface area contributed by atoms with E-state index in [0.29, 0.717) is 15.8 Å². The molecule has 0 atom stereocenters. The minimum absolute atomic E-state index is 0.181. The molecule has 20 heavy (non-hydrogen) atoms. The Morgan fingerprint density at radius 2 is 1.75 bits per heavy atom. The molecule has 0 amide bonds. The Labute approximate surface area is 123 Å². The fourth-order valence-corrected chi connectivity index (χ4v) is 1.87. The van der Waals surface area contributed by atoms with Gasteiger partial charge < -0.3 is 11.5 Å². The van der Waals surface area contributed by atoms with E-state index in [1.54, 1.807) is 13.0 Å². The van der Waals surface area contributed by atoms with Crippen molar-refractivity contribution < 1.29 is 8.78 Å². The number of nitriles is 1. The molecule has 0 aliphatic heterocycles. The highest BCUT2D eigenvalue weighted by molar-refractivity contribution is 9.10. The van der Waals surface area contributed by atoms with Crippen molar-refractivity contribution in [1.82, 2.24) is 0 Å². The lowest BCUT2D eigenvalue weighted by Gasteiger charge is -2.01. The average molecular weight is 340 g/mol. The second kappa shape index (κ2) is 6.87. The first-order valence-corrected chi connectivity index (χ1v) is 6.30. The number of anilines is 2. The van der Waals surface area contributed by atoms with Crippen LogP contribution in [0, 0.1) is 29.9 Å². The number of nitrogens with zero attached hydrogens (tertiary/aromatic N) is 1. The van der Waals surface area contributed by atoms with Gasteiger partial charge in [0, 0.05) is 15.8 Å². The molecule has 0 heterocycles. The van der Waals surface area contributed by atoms with Crippen LogP contribution < -0.4 is 11.5 Å². The number of hydrogen-bond donors (Lipinski definition) is 2. The molecule has 2 aromatic carbocycles. The fourth-order valence-electron chi connectivity index (χ4n) is 1.34. The lowest BCUT2D eigenvalue weighted by atomic mass is 10.2. The molecule has 0 aliphatic rings. The summed E-state index contributed by atoms with van der Waals surface area (Å²) in [5.41, 5.74) is 12.7. The van der Waals surface area contributed by atoms with Crippen LogP contribution in [0.4, 0.5) is 20.2 Å². The predicted octanol–water partition coefficient (Wildman–Crippen LogP) is 3.76. The van der Waals surface area contributed by atoms with Crippen molar-refractivity contribution in [2.24, 2.45) is 0 Å². The summed E-state index contributed by atoms with van der Waals surface area (Å²) in [6, 6.07) is 8.22. The quantitative estimate of drug-likeness (QED) is 0.717. The topological polar surface area (TPSA) is 75.8 Å². The summed E-state index contributed by atoms with van der Waals surface area (Å²) in [5.74, 6) is -0.704. The van der Waals surface area contributed by atoms with Crippen LogP contribution >= 0.6 is 15.9 Å². The van der Waals surface area contributed by atoms with Gasteiger partial charge in [-0.05, 0) is 58.7 Å². The second-order valence-electron chi connectivity index (χ2n) is 3.96. The third-order valence-electron chi connectivity index (χ3n) is 2.44. The summed E-state index contributed by atoms with van der Waals surface area (Å²) >= 11 is 3.13. The molecule has 3 nitrogen and oxygen atoms in total.